The van der Waals surface area contributed by atoms with Gasteiger partial charge < -0.3 is 40.9 Å². The van der Waals surface area contributed by atoms with Gasteiger partial charge in [-0.25, -0.2) is 27.3 Å². The predicted octanol–water partition coefficient (Wildman–Crippen LogP) is 5.03. The monoisotopic (exact) mass is 1000 g/mol. The van der Waals surface area contributed by atoms with Gasteiger partial charge >= 0.3 is 6.09 Å². The lowest BCUT2D eigenvalue weighted by molar-refractivity contribution is -0.134. The molecule has 2 aromatic heterocycles. The number of benzene rings is 3. The molecule has 0 aliphatic carbocycles. The Morgan fingerprint density at radius 1 is 0.625 bits per heavy atom. The molecule has 0 radical (unpaired) electrons. The van der Waals surface area contributed by atoms with Crippen molar-refractivity contribution in [2.24, 2.45) is 14.1 Å². The molecule has 3 saturated heterocycles. The summed E-state index contributed by atoms with van der Waals surface area (Å²) in [7, 11) is 3.10. The minimum Gasteiger partial charge on any atom is -0.444 e. The van der Waals surface area contributed by atoms with Crippen LogP contribution in [0.15, 0.2) is 107 Å². The molecule has 3 fully saturated rings. The third-order valence-corrected chi connectivity index (χ3v) is 12.5. The molecule has 19 heteroatoms. The zero-order valence-electron chi connectivity index (χ0n) is 41.8. The standard InChI is InChI=1S/C19H22FN3O3.C17H24FNO3.C12H16FNO.C5H7N3O/c1-22-17(24)6-5-16(21-22)12-18(25)23-9-7-19(26,8-10-23)13-14-3-2-4-15(20)11-14;1-16(2,3)22-15(20)19-9-7-17(21,8-10-19)12-13-5-4-6-14(18)11-13;13-11-3-1-2-10(8-11)9-12(15)4-6-14-7-5-12;1-8-5(9)3-2-4(6)7-8/h2-6,11,26H,7-10,12-13H2,1H3;4-6,11,21H,7-10,12H2,1-3H3;1-3,8,14-15H,4-7,9H2;2-3H,1H3,(H2,6,7). The van der Waals surface area contributed by atoms with Crippen LogP contribution in [0.3, 0.4) is 0 Å². The maximum absolute atomic E-state index is 13.3. The number of nitrogens with one attached hydrogen (secondary N) is 1. The Morgan fingerprint density at radius 3 is 1.42 bits per heavy atom. The molecule has 6 N–H and O–H groups in total. The van der Waals surface area contributed by atoms with E-state index >= 15 is 0 Å². The molecule has 390 valence electrons. The number of nitrogens with zero attached hydrogens (tertiary/aromatic N) is 6. The van der Waals surface area contributed by atoms with E-state index in [1.807, 2.05) is 26.8 Å². The molecule has 0 unspecified atom stereocenters. The molecule has 3 aliphatic heterocycles. The number of ether oxygens (including phenoxy) is 1. The van der Waals surface area contributed by atoms with E-state index in [0.717, 1.165) is 42.6 Å². The predicted molar refractivity (Wildman–Crippen MR) is 267 cm³/mol. The third-order valence-electron chi connectivity index (χ3n) is 12.5. The van der Waals surface area contributed by atoms with Crippen molar-refractivity contribution in [1.82, 2.24) is 34.7 Å². The fourth-order valence-corrected chi connectivity index (χ4v) is 8.54. The number of piperidine rings is 3. The van der Waals surface area contributed by atoms with Gasteiger partial charge in [-0.15, -0.1) is 0 Å². The van der Waals surface area contributed by atoms with E-state index < -0.39 is 22.4 Å². The minimum absolute atomic E-state index is 0.0797. The number of carbonyl (C=O) groups excluding carboxylic acids is 2. The first-order valence-electron chi connectivity index (χ1n) is 24.1. The van der Waals surface area contributed by atoms with Crippen molar-refractivity contribution in [2.75, 3.05) is 45.0 Å². The molecule has 0 spiro atoms. The number of aliphatic hydroxyl groups is 3. The highest BCUT2D eigenvalue weighted by molar-refractivity contribution is 5.78. The average molecular weight is 1000 g/mol. The molecular weight excluding hydrogens is 934 g/mol. The SMILES string of the molecule is CC(C)(C)OC(=O)N1CCC(O)(Cc2cccc(F)c2)CC1.Cn1nc(CC(=O)N2CCC(O)(Cc3cccc(F)c3)CC2)ccc1=O.Cn1nc(N)ccc1=O.OC1(Cc2cccc(F)c2)CCNCC1. The Labute approximate surface area is 418 Å². The van der Waals surface area contributed by atoms with Gasteiger partial charge in [-0.05, 0) is 138 Å². The maximum Gasteiger partial charge on any atom is 0.410 e. The number of rotatable bonds is 8. The van der Waals surface area contributed by atoms with Gasteiger partial charge in [0, 0.05) is 71.7 Å². The molecule has 3 aromatic carbocycles. The van der Waals surface area contributed by atoms with Crippen LogP contribution in [0.5, 0.6) is 0 Å². The smallest absolute Gasteiger partial charge is 0.410 e. The fourth-order valence-electron chi connectivity index (χ4n) is 8.54. The fraction of sp³-hybridized carbons (Fsp3) is 0.472. The lowest BCUT2D eigenvalue weighted by Crippen LogP contribution is -2.49. The zero-order valence-corrected chi connectivity index (χ0v) is 41.8. The van der Waals surface area contributed by atoms with Crippen LogP contribution in [0, 0.1) is 17.5 Å². The summed E-state index contributed by atoms with van der Waals surface area (Å²) in [6.07, 6.45) is 4.37. The summed E-state index contributed by atoms with van der Waals surface area (Å²) in [6, 6.07) is 24.8. The Bertz CT molecular complexity index is 2690. The summed E-state index contributed by atoms with van der Waals surface area (Å²) < 4.78 is 47.2. The first-order chi connectivity index (χ1) is 33.9. The number of hydrogen-bond acceptors (Lipinski definition) is 12. The van der Waals surface area contributed by atoms with Gasteiger partial charge in [0.2, 0.25) is 5.91 Å². The van der Waals surface area contributed by atoms with Crippen molar-refractivity contribution in [3.63, 3.8) is 0 Å². The Balaban J connectivity index is 0.000000189. The number of nitrogens with two attached hydrogens (primary N) is 1. The summed E-state index contributed by atoms with van der Waals surface area (Å²) >= 11 is 0. The van der Waals surface area contributed by atoms with Crippen molar-refractivity contribution in [3.05, 3.63) is 158 Å². The number of nitrogen functional groups attached to an aromatic ring is 1. The number of carbonyl (C=O) groups is 2. The Morgan fingerprint density at radius 2 is 1.03 bits per heavy atom. The summed E-state index contributed by atoms with van der Waals surface area (Å²) in [5.41, 5.74) is 4.82. The molecule has 72 heavy (non-hydrogen) atoms. The van der Waals surface area contributed by atoms with E-state index in [0.29, 0.717) is 82.6 Å². The average Bonchev–Trinajstić information content (AvgIpc) is 3.29. The second-order valence-corrected chi connectivity index (χ2v) is 19.9. The minimum atomic E-state index is -0.931. The number of aryl methyl sites for hydroxylation is 2. The molecule has 0 saturated carbocycles. The summed E-state index contributed by atoms with van der Waals surface area (Å²) in [6.45, 7) is 8.94. The molecule has 8 rings (SSSR count). The van der Waals surface area contributed by atoms with Crippen molar-refractivity contribution in [1.29, 1.82) is 0 Å². The highest BCUT2D eigenvalue weighted by Crippen LogP contribution is 2.29. The second kappa shape index (κ2) is 25.3. The molecule has 5 aromatic rings. The van der Waals surface area contributed by atoms with Crippen LogP contribution in [0.4, 0.5) is 23.8 Å². The van der Waals surface area contributed by atoms with E-state index in [4.69, 9.17) is 10.5 Å². The lowest BCUT2D eigenvalue weighted by Gasteiger charge is -2.38. The normalized spacial score (nSPS) is 16.9. The van der Waals surface area contributed by atoms with E-state index in [1.54, 1.807) is 60.3 Å². The van der Waals surface area contributed by atoms with Gasteiger partial charge in [0.25, 0.3) is 11.1 Å². The van der Waals surface area contributed by atoms with Crippen LogP contribution in [-0.4, -0.2) is 118 Å². The van der Waals surface area contributed by atoms with E-state index in [-0.39, 0.29) is 47.0 Å². The van der Waals surface area contributed by atoms with Crippen LogP contribution >= 0.6 is 0 Å². The van der Waals surface area contributed by atoms with Crippen molar-refractivity contribution in [2.45, 2.75) is 107 Å². The Kier molecular flexibility index (Phi) is 19.9. The van der Waals surface area contributed by atoms with Gasteiger partial charge in [-0.3, -0.25) is 14.4 Å². The van der Waals surface area contributed by atoms with E-state index in [1.165, 1.54) is 64.0 Å². The molecule has 3 aliphatic rings. The summed E-state index contributed by atoms with van der Waals surface area (Å²) in [5.74, 6) is -0.568. The highest BCUT2D eigenvalue weighted by Gasteiger charge is 2.36. The first-order valence-corrected chi connectivity index (χ1v) is 24.1. The Hall–Kier alpha value is -6.41. The van der Waals surface area contributed by atoms with Gasteiger partial charge in [-0.1, -0.05) is 36.4 Å². The maximum atomic E-state index is 13.3. The summed E-state index contributed by atoms with van der Waals surface area (Å²) in [5, 5.41) is 42.6. The van der Waals surface area contributed by atoms with Gasteiger partial charge in [0.05, 0.1) is 28.9 Å². The number of halogens is 3. The van der Waals surface area contributed by atoms with Crippen molar-refractivity contribution >= 4 is 17.8 Å². The van der Waals surface area contributed by atoms with Crippen LogP contribution in [0.2, 0.25) is 0 Å². The first kappa shape index (κ1) is 56.5. The number of hydrogen-bond donors (Lipinski definition) is 5. The van der Waals surface area contributed by atoms with Crippen LogP contribution in [-0.2, 0) is 49.3 Å². The van der Waals surface area contributed by atoms with E-state index in [9.17, 15) is 47.7 Å². The van der Waals surface area contributed by atoms with Crippen LogP contribution < -0.4 is 22.2 Å². The molecule has 0 bridgehead atoms. The lowest BCUT2D eigenvalue weighted by atomic mass is 9.85. The number of anilines is 1. The molecular formula is C53H69F3N8O8. The van der Waals surface area contributed by atoms with Crippen molar-refractivity contribution in [3.8, 4) is 0 Å². The quantitative estimate of drug-likeness (QED) is 0.138. The molecule has 2 amide bonds. The largest absolute Gasteiger partial charge is 0.444 e. The van der Waals surface area contributed by atoms with E-state index in [2.05, 4.69) is 15.5 Å². The van der Waals surface area contributed by atoms with Gasteiger partial charge in [0.1, 0.15) is 28.9 Å². The van der Waals surface area contributed by atoms with Crippen molar-refractivity contribution < 1.29 is 42.8 Å². The number of amides is 2. The molecule has 16 nitrogen and oxygen atoms in total. The topological polar surface area (TPSA) is 218 Å². The summed E-state index contributed by atoms with van der Waals surface area (Å²) in [4.78, 5) is 49.7. The third kappa shape index (κ3) is 18.6. The second-order valence-electron chi connectivity index (χ2n) is 19.9. The van der Waals surface area contributed by atoms with Gasteiger partial charge in [-0.2, -0.15) is 10.2 Å². The number of aromatic nitrogens is 4. The highest BCUT2D eigenvalue weighted by atomic mass is 19.1. The molecule has 0 atom stereocenters. The van der Waals surface area contributed by atoms with Crippen LogP contribution in [0.25, 0.3) is 0 Å². The number of likely N-dealkylation sites (tertiary alicyclic amines) is 2. The molecule has 5 heterocycles. The zero-order chi connectivity index (χ0) is 52.7. The van der Waals surface area contributed by atoms with Gasteiger partial charge in [0.15, 0.2) is 0 Å². The van der Waals surface area contributed by atoms with Crippen LogP contribution in [0.1, 0.15) is 81.7 Å².